The maximum atomic E-state index is 11.2. The second-order valence-corrected chi connectivity index (χ2v) is 6.27. The number of hydrogen-bond donors (Lipinski definition) is 3. The van der Waals surface area contributed by atoms with Crippen molar-refractivity contribution in [3.8, 4) is 0 Å². The SMILES string of the molecule is [11CH3]c1ccc(SC2CN[C@H](C(=O)O)[C@H]2CC(=O)O)cc1. The lowest BCUT2D eigenvalue weighted by atomic mass is 9.96. The molecular formula is C14H17NO4S. The molecule has 1 aromatic carbocycles. The summed E-state index contributed by atoms with van der Waals surface area (Å²) in [6.45, 7) is 2.51. The van der Waals surface area contributed by atoms with Crippen molar-refractivity contribution in [3.05, 3.63) is 29.8 Å². The Bertz CT molecular complexity index is 502. The van der Waals surface area contributed by atoms with Crippen molar-refractivity contribution < 1.29 is 19.8 Å². The van der Waals surface area contributed by atoms with Gasteiger partial charge in [-0.15, -0.1) is 11.8 Å². The van der Waals surface area contributed by atoms with Gasteiger partial charge < -0.3 is 15.5 Å². The van der Waals surface area contributed by atoms with Crippen molar-refractivity contribution in [2.75, 3.05) is 6.54 Å². The Kier molecular flexibility index (Phi) is 4.67. The van der Waals surface area contributed by atoms with Crippen molar-refractivity contribution in [2.24, 2.45) is 5.92 Å². The third-order valence-electron chi connectivity index (χ3n) is 3.43. The van der Waals surface area contributed by atoms with Gasteiger partial charge in [-0.2, -0.15) is 0 Å². The number of carbonyl (C=O) groups is 2. The molecule has 108 valence electrons. The number of rotatable bonds is 5. The van der Waals surface area contributed by atoms with E-state index in [4.69, 9.17) is 10.2 Å². The summed E-state index contributed by atoms with van der Waals surface area (Å²) in [5.41, 5.74) is 1.16. The Morgan fingerprint density at radius 3 is 2.50 bits per heavy atom. The fourth-order valence-corrected chi connectivity index (χ4v) is 3.65. The molecule has 20 heavy (non-hydrogen) atoms. The second-order valence-electron chi connectivity index (χ2n) is 4.96. The fraction of sp³-hybridized carbons (Fsp3) is 0.429. The largest absolute Gasteiger partial charge is 0.481 e. The van der Waals surface area contributed by atoms with Crippen molar-refractivity contribution >= 4 is 23.7 Å². The summed E-state index contributed by atoms with van der Waals surface area (Å²) in [4.78, 5) is 23.1. The van der Waals surface area contributed by atoms with Crippen LogP contribution in [0.25, 0.3) is 0 Å². The molecule has 1 unspecified atom stereocenters. The molecule has 2 rings (SSSR count). The zero-order chi connectivity index (χ0) is 14.7. The molecule has 5 nitrogen and oxygen atoms in total. The van der Waals surface area contributed by atoms with Gasteiger partial charge in [0.2, 0.25) is 0 Å². The van der Waals surface area contributed by atoms with Gasteiger partial charge in [0.15, 0.2) is 0 Å². The van der Waals surface area contributed by atoms with Crippen LogP contribution < -0.4 is 5.32 Å². The zero-order valence-electron chi connectivity index (χ0n) is 11.1. The minimum Gasteiger partial charge on any atom is -0.481 e. The Morgan fingerprint density at radius 1 is 1.30 bits per heavy atom. The zero-order valence-corrected chi connectivity index (χ0v) is 11.9. The van der Waals surface area contributed by atoms with E-state index < -0.39 is 23.9 Å². The van der Waals surface area contributed by atoms with E-state index in [1.54, 1.807) is 11.8 Å². The first-order valence-electron chi connectivity index (χ1n) is 6.38. The Morgan fingerprint density at radius 2 is 1.95 bits per heavy atom. The van der Waals surface area contributed by atoms with Crippen LogP contribution in [-0.2, 0) is 9.59 Å². The van der Waals surface area contributed by atoms with Crippen LogP contribution in [0.5, 0.6) is 0 Å². The molecule has 3 N–H and O–H groups in total. The summed E-state index contributed by atoms with van der Waals surface area (Å²) < 4.78 is 0. The quantitative estimate of drug-likeness (QED) is 0.765. The first kappa shape index (κ1) is 14.9. The number of aryl methyl sites for hydroxylation is 1. The van der Waals surface area contributed by atoms with Gasteiger partial charge in [0.05, 0.1) is 6.42 Å². The number of carboxylic acids is 2. The van der Waals surface area contributed by atoms with Crippen LogP contribution >= 0.6 is 11.8 Å². The predicted molar refractivity (Wildman–Crippen MR) is 76.0 cm³/mol. The highest BCUT2D eigenvalue weighted by Gasteiger charge is 2.41. The third-order valence-corrected chi connectivity index (χ3v) is 4.79. The number of nitrogens with one attached hydrogen (secondary N) is 1. The Labute approximate surface area is 121 Å². The molecule has 3 atom stereocenters. The Hall–Kier alpha value is -1.53. The summed E-state index contributed by atoms with van der Waals surface area (Å²) in [7, 11) is 0. The highest BCUT2D eigenvalue weighted by Crippen LogP contribution is 2.35. The van der Waals surface area contributed by atoms with E-state index >= 15 is 0 Å². The molecule has 0 bridgehead atoms. The molecule has 1 aliphatic heterocycles. The van der Waals surface area contributed by atoms with Crippen LogP contribution in [0.4, 0.5) is 0 Å². The standard InChI is InChI=1S/C14H17NO4S/c1-8-2-4-9(5-3-8)20-11-7-15-13(14(18)19)10(11)6-12(16)17/h2-5,10-11,13,15H,6-7H2,1H3,(H,16,17)(H,18,19)/t10-,11?,13-/m0/s1/i1-1. The van der Waals surface area contributed by atoms with Crippen LogP contribution in [0.1, 0.15) is 12.0 Å². The normalized spacial score (nSPS) is 25.6. The van der Waals surface area contributed by atoms with Gasteiger partial charge in [0.1, 0.15) is 6.04 Å². The van der Waals surface area contributed by atoms with E-state index in [-0.39, 0.29) is 11.7 Å². The number of carboxylic acid groups (broad SMARTS) is 2. The first-order valence-corrected chi connectivity index (χ1v) is 7.26. The van der Waals surface area contributed by atoms with Gasteiger partial charge in [-0.05, 0) is 19.1 Å². The van der Waals surface area contributed by atoms with Crippen molar-refractivity contribution in [2.45, 2.75) is 29.5 Å². The van der Waals surface area contributed by atoms with Gasteiger partial charge in [-0.3, -0.25) is 9.59 Å². The third kappa shape index (κ3) is 3.52. The van der Waals surface area contributed by atoms with E-state index in [2.05, 4.69) is 5.32 Å². The van der Waals surface area contributed by atoms with Gasteiger partial charge in [-0.25, -0.2) is 0 Å². The van der Waals surface area contributed by atoms with Crippen LogP contribution in [0.2, 0.25) is 0 Å². The topological polar surface area (TPSA) is 86.6 Å². The van der Waals surface area contributed by atoms with E-state index in [1.165, 1.54) is 0 Å². The summed E-state index contributed by atoms with van der Waals surface area (Å²) >= 11 is 1.54. The van der Waals surface area contributed by atoms with E-state index in [0.717, 1.165) is 10.5 Å². The van der Waals surface area contributed by atoms with Gasteiger partial charge in [0.25, 0.3) is 0 Å². The average Bonchev–Trinajstić information content (AvgIpc) is 2.75. The molecular weight excluding hydrogens is 277 g/mol. The summed E-state index contributed by atoms with van der Waals surface area (Å²) in [5.74, 6) is -2.35. The highest BCUT2D eigenvalue weighted by molar-refractivity contribution is 8.00. The average molecular weight is 294 g/mol. The Balaban J connectivity index is 2.11. The van der Waals surface area contributed by atoms with Gasteiger partial charge in [-0.1, -0.05) is 17.7 Å². The van der Waals surface area contributed by atoms with E-state index in [1.807, 2.05) is 31.2 Å². The number of thioether (sulfide) groups is 1. The molecule has 6 heteroatoms. The fourth-order valence-electron chi connectivity index (χ4n) is 2.40. The van der Waals surface area contributed by atoms with Crippen molar-refractivity contribution in [1.29, 1.82) is 0 Å². The molecule has 0 spiro atoms. The molecule has 0 radical (unpaired) electrons. The lowest BCUT2D eigenvalue weighted by molar-refractivity contribution is -0.141. The molecule has 0 saturated carbocycles. The monoisotopic (exact) mass is 294 g/mol. The van der Waals surface area contributed by atoms with Crippen LogP contribution in [0, 0.1) is 12.8 Å². The summed E-state index contributed by atoms with van der Waals surface area (Å²) in [6, 6.07) is 7.16. The molecule has 0 amide bonds. The molecule has 1 heterocycles. The van der Waals surface area contributed by atoms with Crippen molar-refractivity contribution in [3.63, 3.8) is 0 Å². The number of hydrogen-bond acceptors (Lipinski definition) is 4. The van der Waals surface area contributed by atoms with Crippen molar-refractivity contribution in [1.82, 2.24) is 5.32 Å². The van der Waals surface area contributed by atoms with Crippen LogP contribution in [-0.4, -0.2) is 40.0 Å². The van der Waals surface area contributed by atoms with E-state index in [9.17, 15) is 9.59 Å². The molecule has 1 fully saturated rings. The molecule has 0 aliphatic carbocycles. The lowest BCUT2D eigenvalue weighted by Crippen LogP contribution is -2.37. The smallest absolute Gasteiger partial charge is 0.321 e. The molecule has 0 aromatic heterocycles. The molecule has 1 saturated heterocycles. The minimum absolute atomic E-state index is 0.0464. The lowest BCUT2D eigenvalue weighted by Gasteiger charge is -2.19. The summed E-state index contributed by atoms with van der Waals surface area (Å²) in [6.07, 6.45) is -0.131. The van der Waals surface area contributed by atoms with Gasteiger partial charge in [0, 0.05) is 22.6 Å². The minimum atomic E-state index is -0.983. The maximum absolute atomic E-state index is 11.2. The van der Waals surface area contributed by atoms with E-state index in [0.29, 0.717) is 6.54 Å². The number of aliphatic carboxylic acids is 2. The molecule has 1 aliphatic rings. The molecule has 1 aromatic rings. The van der Waals surface area contributed by atoms with Gasteiger partial charge >= 0.3 is 11.9 Å². The van der Waals surface area contributed by atoms with Crippen LogP contribution in [0.15, 0.2) is 29.2 Å². The predicted octanol–water partition coefficient (Wildman–Crippen LogP) is 1.60. The highest BCUT2D eigenvalue weighted by atomic mass is 32.2. The first-order chi connectivity index (χ1) is 9.47. The number of benzene rings is 1. The summed E-state index contributed by atoms with van der Waals surface area (Å²) in [5, 5.41) is 21.0. The maximum Gasteiger partial charge on any atom is 0.321 e. The second kappa shape index (κ2) is 6.28. The van der Waals surface area contributed by atoms with Crippen LogP contribution in [0.3, 0.4) is 0 Å².